The number of rotatable bonds is 2. The second kappa shape index (κ2) is 4.22. The van der Waals surface area contributed by atoms with E-state index < -0.39 is 9.84 Å². The van der Waals surface area contributed by atoms with E-state index in [0.717, 1.165) is 11.4 Å². The molecule has 1 aromatic heterocycles. The van der Waals surface area contributed by atoms with Gasteiger partial charge in [-0.2, -0.15) is 0 Å². The van der Waals surface area contributed by atoms with Crippen molar-refractivity contribution in [2.75, 3.05) is 16.8 Å². The molecular formula is C10H13ClN2O2S. The van der Waals surface area contributed by atoms with E-state index in [4.69, 9.17) is 11.6 Å². The third kappa shape index (κ3) is 2.65. The maximum absolute atomic E-state index is 11.3. The monoisotopic (exact) mass is 260 g/mol. The molecule has 0 amide bonds. The quantitative estimate of drug-likeness (QED) is 0.822. The SMILES string of the molecule is Cc1nc(Cl)ccc1NC1CCS(=O)(=O)C1. The Morgan fingerprint density at radius 2 is 2.25 bits per heavy atom. The Morgan fingerprint density at radius 3 is 2.81 bits per heavy atom. The van der Waals surface area contributed by atoms with Crippen molar-refractivity contribution in [3.8, 4) is 0 Å². The van der Waals surface area contributed by atoms with Gasteiger partial charge in [0, 0.05) is 6.04 Å². The number of aryl methyl sites for hydroxylation is 1. The summed E-state index contributed by atoms with van der Waals surface area (Å²) in [5.41, 5.74) is 1.64. The van der Waals surface area contributed by atoms with Crippen LogP contribution in [0.1, 0.15) is 12.1 Å². The zero-order chi connectivity index (χ0) is 11.8. The molecule has 1 aromatic rings. The van der Waals surface area contributed by atoms with Crippen LogP contribution in [-0.4, -0.2) is 30.9 Å². The number of nitrogens with zero attached hydrogens (tertiary/aromatic N) is 1. The molecule has 1 N–H and O–H groups in total. The van der Waals surface area contributed by atoms with Crippen LogP contribution in [0.4, 0.5) is 5.69 Å². The number of pyridine rings is 1. The average Bonchev–Trinajstić information content (AvgIpc) is 2.51. The largest absolute Gasteiger partial charge is 0.380 e. The Morgan fingerprint density at radius 1 is 1.50 bits per heavy atom. The van der Waals surface area contributed by atoms with E-state index in [1.807, 2.05) is 13.0 Å². The highest BCUT2D eigenvalue weighted by atomic mass is 35.5. The summed E-state index contributed by atoms with van der Waals surface area (Å²) in [6, 6.07) is 3.52. The van der Waals surface area contributed by atoms with Gasteiger partial charge in [-0.25, -0.2) is 13.4 Å². The lowest BCUT2D eigenvalue weighted by molar-refractivity contribution is 0.602. The van der Waals surface area contributed by atoms with Crippen molar-refractivity contribution in [3.05, 3.63) is 23.0 Å². The van der Waals surface area contributed by atoms with E-state index in [-0.39, 0.29) is 17.5 Å². The summed E-state index contributed by atoms with van der Waals surface area (Å²) in [6.45, 7) is 1.84. The topological polar surface area (TPSA) is 59.1 Å². The predicted octanol–water partition coefficient (Wildman–Crippen LogP) is 1.64. The molecular weight excluding hydrogens is 248 g/mol. The molecule has 2 rings (SSSR count). The summed E-state index contributed by atoms with van der Waals surface area (Å²) in [7, 11) is -2.85. The van der Waals surface area contributed by atoms with Crippen LogP contribution in [0.15, 0.2) is 12.1 Å². The van der Waals surface area contributed by atoms with Gasteiger partial charge in [0.2, 0.25) is 0 Å². The van der Waals surface area contributed by atoms with Gasteiger partial charge in [0.15, 0.2) is 9.84 Å². The molecule has 16 heavy (non-hydrogen) atoms. The number of sulfone groups is 1. The number of hydrogen-bond donors (Lipinski definition) is 1. The maximum atomic E-state index is 11.3. The van der Waals surface area contributed by atoms with Crippen LogP contribution in [0.25, 0.3) is 0 Å². The smallest absolute Gasteiger partial charge is 0.152 e. The molecule has 0 saturated carbocycles. The van der Waals surface area contributed by atoms with Crippen LogP contribution in [0.2, 0.25) is 5.15 Å². The van der Waals surface area contributed by atoms with E-state index in [9.17, 15) is 8.42 Å². The van der Waals surface area contributed by atoms with E-state index in [1.54, 1.807) is 6.07 Å². The Balaban J connectivity index is 2.11. The van der Waals surface area contributed by atoms with E-state index >= 15 is 0 Å². The molecule has 1 fully saturated rings. The van der Waals surface area contributed by atoms with Crippen molar-refractivity contribution >= 4 is 27.1 Å². The highest BCUT2D eigenvalue weighted by Crippen LogP contribution is 2.20. The van der Waals surface area contributed by atoms with E-state index in [0.29, 0.717) is 11.6 Å². The first-order chi connectivity index (χ1) is 7.46. The molecule has 88 valence electrons. The highest BCUT2D eigenvalue weighted by molar-refractivity contribution is 7.91. The molecule has 0 spiro atoms. The summed E-state index contributed by atoms with van der Waals surface area (Å²) < 4.78 is 22.6. The minimum Gasteiger partial charge on any atom is -0.380 e. The summed E-state index contributed by atoms with van der Waals surface area (Å²) in [4.78, 5) is 4.11. The molecule has 0 aromatic carbocycles. The van der Waals surface area contributed by atoms with Gasteiger partial charge in [-0.05, 0) is 25.5 Å². The predicted molar refractivity (Wildman–Crippen MR) is 64.7 cm³/mol. The molecule has 6 heteroatoms. The normalized spacial score (nSPS) is 23.2. The highest BCUT2D eigenvalue weighted by Gasteiger charge is 2.27. The Hall–Kier alpha value is -0.810. The van der Waals surface area contributed by atoms with Gasteiger partial charge in [0.25, 0.3) is 0 Å². The first kappa shape index (κ1) is 11.7. The zero-order valence-corrected chi connectivity index (χ0v) is 10.5. The Labute approximate surface area is 99.9 Å². The third-order valence-electron chi connectivity index (χ3n) is 2.64. The molecule has 1 unspecified atom stereocenters. The lowest BCUT2D eigenvalue weighted by Crippen LogP contribution is -2.21. The van der Waals surface area contributed by atoms with Gasteiger partial charge in [-0.1, -0.05) is 11.6 Å². The summed E-state index contributed by atoms with van der Waals surface area (Å²) in [5, 5.41) is 3.64. The fraction of sp³-hybridized carbons (Fsp3) is 0.500. The van der Waals surface area contributed by atoms with Gasteiger partial charge in [-0.15, -0.1) is 0 Å². The lowest BCUT2D eigenvalue weighted by atomic mass is 10.2. The Bertz CT molecular complexity index is 502. The van der Waals surface area contributed by atoms with Crippen molar-refractivity contribution in [2.45, 2.75) is 19.4 Å². The second-order valence-electron chi connectivity index (χ2n) is 4.01. The molecule has 1 atom stereocenters. The summed E-state index contributed by atoms with van der Waals surface area (Å²) >= 11 is 5.74. The van der Waals surface area contributed by atoms with Crippen LogP contribution in [0.3, 0.4) is 0 Å². The molecule has 2 heterocycles. The number of hydrogen-bond acceptors (Lipinski definition) is 4. The Kier molecular flexibility index (Phi) is 3.08. The van der Waals surface area contributed by atoms with Gasteiger partial charge in [0.1, 0.15) is 5.15 Å². The van der Waals surface area contributed by atoms with Crippen LogP contribution in [-0.2, 0) is 9.84 Å². The average molecular weight is 261 g/mol. The maximum Gasteiger partial charge on any atom is 0.152 e. The first-order valence-corrected chi connectivity index (χ1v) is 7.26. The fourth-order valence-electron chi connectivity index (χ4n) is 1.81. The minimum atomic E-state index is -2.85. The standard InChI is InChI=1S/C10H13ClN2O2S/c1-7-9(2-3-10(11)12-7)13-8-4-5-16(14,15)6-8/h2-3,8,13H,4-6H2,1H3. The van der Waals surface area contributed by atoms with Crippen LogP contribution in [0, 0.1) is 6.92 Å². The van der Waals surface area contributed by atoms with Crippen molar-refractivity contribution in [1.29, 1.82) is 0 Å². The molecule has 0 bridgehead atoms. The van der Waals surface area contributed by atoms with Crippen LogP contribution < -0.4 is 5.32 Å². The third-order valence-corrected chi connectivity index (χ3v) is 4.62. The van der Waals surface area contributed by atoms with Crippen molar-refractivity contribution < 1.29 is 8.42 Å². The fourth-order valence-corrected chi connectivity index (χ4v) is 3.67. The van der Waals surface area contributed by atoms with Gasteiger partial charge in [0.05, 0.1) is 22.9 Å². The van der Waals surface area contributed by atoms with E-state index in [1.165, 1.54) is 0 Å². The second-order valence-corrected chi connectivity index (χ2v) is 6.63. The summed E-state index contributed by atoms with van der Waals surface area (Å²) in [6.07, 6.45) is 0.657. The molecule has 0 aliphatic carbocycles. The summed E-state index contributed by atoms with van der Waals surface area (Å²) in [5.74, 6) is 0.472. The van der Waals surface area contributed by atoms with Crippen LogP contribution in [0.5, 0.6) is 0 Å². The molecule has 0 radical (unpaired) electrons. The van der Waals surface area contributed by atoms with Gasteiger partial charge in [-0.3, -0.25) is 0 Å². The molecule has 4 nitrogen and oxygen atoms in total. The van der Waals surface area contributed by atoms with Crippen LogP contribution >= 0.6 is 11.6 Å². The van der Waals surface area contributed by atoms with Gasteiger partial charge >= 0.3 is 0 Å². The molecule has 1 saturated heterocycles. The zero-order valence-electron chi connectivity index (χ0n) is 8.90. The minimum absolute atomic E-state index is 0.00771. The number of anilines is 1. The first-order valence-electron chi connectivity index (χ1n) is 5.06. The molecule has 1 aliphatic rings. The van der Waals surface area contributed by atoms with Crippen molar-refractivity contribution in [3.63, 3.8) is 0 Å². The van der Waals surface area contributed by atoms with E-state index in [2.05, 4.69) is 10.3 Å². The molecule has 1 aliphatic heterocycles. The van der Waals surface area contributed by atoms with Crippen molar-refractivity contribution in [2.24, 2.45) is 0 Å². The number of halogens is 1. The van der Waals surface area contributed by atoms with Gasteiger partial charge < -0.3 is 5.32 Å². The lowest BCUT2D eigenvalue weighted by Gasteiger charge is -2.14. The number of nitrogens with one attached hydrogen (secondary N) is 1. The number of aromatic nitrogens is 1. The van der Waals surface area contributed by atoms with Crippen molar-refractivity contribution in [1.82, 2.24) is 4.98 Å².